The maximum Gasteiger partial charge on any atom is 0.393 e. The summed E-state index contributed by atoms with van der Waals surface area (Å²) >= 11 is 0. The van der Waals surface area contributed by atoms with Crippen molar-refractivity contribution in [2.75, 3.05) is 20.6 Å². The van der Waals surface area contributed by atoms with E-state index in [1.165, 1.54) is 19.3 Å². The Morgan fingerprint density at radius 2 is 1.62 bits per heavy atom. The molecule has 0 saturated heterocycles. The molecule has 2 fully saturated rings. The molecule has 2 aliphatic rings. The van der Waals surface area contributed by atoms with Crippen molar-refractivity contribution >= 4 is 0 Å². The Balaban J connectivity index is 1.98. The van der Waals surface area contributed by atoms with Gasteiger partial charge in [0.2, 0.25) is 0 Å². The first kappa shape index (κ1) is 17.1. The highest BCUT2D eigenvalue weighted by molar-refractivity contribution is 4.95. The van der Waals surface area contributed by atoms with Crippen LogP contribution in [0.2, 0.25) is 0 Å². The van der Waals surface area contributed by atoms with E-state index in [1.54, 1.807) is 0 Å². The van der Waals surface area contributed by atoms with E-state index in [4.69, 9.17) is 0 Å². The Labute approximate surface area is 126 Å². The summed E-state index contributed by atoms with van der Waals surface area (Å²) in [6.07, 6.45) is 4.33. The first-order valence-corrected chi connectivity index (χ1v) is 8.33. The van der Waals surface area contributed by atoms with Gasteiger partial charge in [0.05, 0.1) is 5.92 Å². The standard InChI is InChI=1S/C16H29F3N2/c1-21(2)15(10-6-3-7-11-15)12-20-14-9-5-4-8-13(14)16(17,18)19/h13-14,20H,3-12H2,1-2H3. The summed E-state index contributed by atoms with van der Waals surface area (Å²) < 4.78 is 39.5. The number of likely N-dealkylation sites (N-methyl/N-ethyl adjacent to an activating group) is 1. The monoisotopic (exact) mass is 306 g/mol. The average Bonchev–Trinajstić information content (AvgIpc) is 2.45. The normalized spacial score (nSPS) is 30.6. The predicted octanol–water partition coefficient (Wildman–Crippen LogP) is 3.96. The Hall–Kier alpha value is -0.290. The minimum atomic E-state index is -4.06. The molecule has 2 rings (SSSR count). The minimum absolute atomic E-state index is 0.0475. The van der Waals surface area contributed by atoms with Crippen molar-refractivity contribution in [3.8, 4) is 0 Å². The fourth-order valence-corrected chi connectivity index (χ4v) is 4.08. The van der Waals surface area contributed by atoms with E-state index in [1.807, 2.05) is 0 Å². The molecule has 2 aliphatic carbocycles. The summed E-state index contributed by atoms with van der Waals surface area (Å²) in [6, 6.07) is -0.391. The second-order valence-electron chi connectivity index (χ2n) is 7.10. The smallest absolute Gasteiger partial charge is 0.312 e. The molecule has 5 heteroatoms. The third-order valence-electron chi connectivity index (χ3n) is 5.61. The second kappa shape index (κ2) is 6.86. The first-order valence-electron chi connectivity index (χ1n) is 8.33. The zero-order valence-electron chi connectivity index (χ0n) is 13.3. The fourth-order valence-electron chi connectivity index (χ4n) is 4.08. The highest BCUT2D eigenvalue weighted by Gasteiger charge is 2.46. The molecule has 124 valence electrons. The fraction of sp³-hybridized carbons (Fsp3) is 1.00. The lowest BCUT2D eigenvalue weighted by Gasteiger charge is -2.45. The van der Waals surface area contributed by atoms with E-state index in [-0.39, 0.29) is 12.0 Å². The summed E-state index contributed by atoms with van der Waals surface area (Å²) in [5.74, 6) is -1.16. The van der Waals surface area contributed by atoms with Gasteiger partial charge in [0.1, 0.15) is 0 Å². The molecule has 21 heavy (non-hydrogen) atoms. The quantitative estimate of drug-likeness (QED) is 0.845. The summed E-state index contributed by atoms with van der Waals surface area (Å²) in [5, 5.41) is 3.31. The van der Waals surface area contributed by atoms with Crippen LogP contribution in [0.25, 0.3) is 0 Å². The van der Waals surface area contributed by atoms with E-state index >= 15 is 0 Å². The van der Waals surface area contributed by atoms with Gasteiger partial charge in [0.15, 0.2) is 0 Å². The number of nitrogens with one attached hydrogen (secondary N) is 1. The van der Waals surface area contributed by atoms with Crippen molar-refractivity contribution in [1.29, 1.82) is 0 Å². The lowest BCUT2D eigenvalue weighted by Crippen LogP contribution is -2.56. The van der Waals surface area contributed by atoms with Crippen LogP contribution in [-0.2, 0) is 0 Å². The molecule has 0 aliphatic heterocycles. The van der Waals surface area contributed by atoms with E-state index < -0.39 is 18.1 Å². The van der Waals surface area contributed by atoms with Crippen molar-refractivity contribution in [1.82, 2.24) is 10.2 Å². The van der Waals surface area contributed by atoms with Gasteiger partial charge in [-0.15, -0.1) is 0 Å². The summed E-state index contributed by atoms with van der Waals surface area (Å²) in [4.78, 5) is 2.23. The largest absolute Gasteiger partial charge is 0.393 e. The molecular formula is C16H29F3N2. The highest BCUT2D eigenvalue weighted by Crippen LogP contribution is 2.38. The number of rotatable bonds is 4. The van der Waals surface area contributed by atoms with Crippen LogP contribution < -0.4 is 5.32 Å². The summed E-state index contributed by atoms with van der Waals surface area (Å²) in [7, 11) is 4.13. The van der Waals surface area contributed by atoms with Crippen molar-refractivity contribution in [2.45, 2.75) is 75.5 Å². The SMILES string of the molecule is CN(C)C1(CNC2CCCCC2C(F)(F)F)CCCCC1. The Morgan fingerprint density at radius 3 is 2.19 bits per heavy atom. The van der Waals surface area contributed by atoms with Gasteiger partial charge in [-0.3, -0.25) is 0 Å². The zero-order chi connectivity index (χ0) is 15.5. The first-order chi connectivity index (χ1) is 9.85. The van der Waals surface area contributed by atoms with Crippen molar-refractivity contribution < 1.29 is 13.2 Å². The maximum atomic E-state index is 13.2. The van der Waals surface area contributed by atoms with Gasteiger partial charge in [-0.05, 0) is 39.8 Å². The molecule has 1 N–H and O–H groups in total. The lowest BCUT2D eigenvalue weighted by atomic mass is 9.79. The van der Waals surface area contributed by atoms with E-state index in [2.05, 4.69) is 24.3 Å². The van der Waals surface area contributed by atoms with Gasteiger partial charge in [0.25, 0.3) is 0 Å². The molecule has 0 amide bonds. The van der Waals surface area contributed by atoms with Crippen LogP contribution in [0.15, 0.2) is 0 Å². The Morgan fingerprint density at radius 1 is 1.00 bits per heavy atom. The van der Waals surface area contributed by atoms with Crippen LogP contribution in [-0.4, -0.2) is 43.3 Å². The van der Waals surface area contributed by atoms with Crippen molar-refractivity contribution in [3.63, 3.8) is 0 Å². The van der Waals surface area contributed by atoms with Gasteiger partial charge >= 0.3 is 6.18 Å². The molecule has 0 radical (unpaired) electrons. The van der Waals surface area contributed by atoms with Crippen LogP contribution in [0, 0.1) is 5.92 Å². The molecular weight excluding hydrogens is 277 g/mol. The third kappa shape index (κ3) is 4.13. The second-order valence-corrected chi connectivity index (χ2v) is 7.10. The van der Waals surface area contributed by atoms with Crippen LogP contribution in [0.3, 0.4) is 0 Å². The van der Waals surface area contributed by atoms with Crippen LogP contribution in [0.1, 0.15) is 57.8 Å². The third-order valence-corrected chi connectivity index (χ3v) is 5.61. The molecule has 2 nitrogen and oxygen atoms in total. The van der Waals surface area contributed by atoms with E-state index in [9.17, 15) is 13.2 Å². The van der Waals surface area contributed by atoms with Gasteiger partial charge in [0, 0.05) is 18.1 Å². The molecule has 0 heterocycles. The number of nitrogens with zero attached hydrogens (tertiary/aromatic N) is 1. The van der Waals surface area contributed by atoms with Gasteiger partial charge in [-0.1, -0.05) is 32.1 Å². The molecule has 0 aromatic rings. The van der Waals surface area contributed by atoms with Gasteiger partial charge in [-0.25, -0.2) is 0 Å². The average molecular weight is 306 g/mol. The van der Waals surface area contributed by atoms with Crippen LogP contribution in [0.4, 0.5) is 13.2 Å². The lowest BCUT2D eigenvalue weighted by molar-refractivity contribution is -0.189. The zero-order valence-corrected chi connectivity index (χ0v) is 13.3. The molecule has 2 unspecified atom stereocenters. The number of hydrogen-bond donors (Lipinski definition) is 1. The van der Waals surface area contributed by atoms with Crippen LogP contribution in [0.5, 0.6) is 0 Å². The molecule has 0 bridgehead atoms. The van der Waals surface area contributed by atoms with Crippen molar-refractivity contribution in [3.05, 3.63) is 0 Å². The Bertz CT molecular complexity index is 322. The minimum Gasteiger partial charge on any atom is -0.312 e. The maximum absolute atomic E-state index is 13.2. The highest BCUT2D eigenvalue weighted by atomic mass is 19.4. The number of alkyl halides is 3. The summed E-state index contributed by atoms with van der Waals surface area (Å²) in [6.45, 7) is 0.692. The summed E-state index contributed by atoms with van der Waals surface area (Å²) in [5.41, 5.74) is 0.0475. The predicted molar refractivity (Wildman–Crippen MR) is 79.3 cm³/mol. The van der Waals surface area contributed by atoms with Gasteiger partial charge in [-0.2, -0.15) is 13.2 Å². The van der Waals surface area contributed by atoms with E-state index in [0.29, 0.717) is 19.4 Å². The molecule has 2 atom stereocenters. The number of halogens is 3. The molecule has 2 saturated carbocycles. The molecule has 0 aromatic heterocycles. The molecule has 0 aromatic carbocycles. The van der Waals surface area contributed by atoms with Crippen LogP contribution >= 0.6 is 0 Å². The van der Waals surface area contributed by atoms with Gasteiger partial charge < -0.3 is 10.2 Å². The van der Waals surface area contributed by atoms with Crippen molar-refractivity contribution in [2.24, 2.45) is 5.92 Å². The molecule has 0 spiro atoms. The Kier molecular flexibility index (Phi) is 5.58. The topological polar surface area (TPSA) is 15.3 Å². The van der Waals surface area contributed by atoms with E-state index in [0.717, 1.165) is 19.3 Å². The number of hydrogen-bond acceptors (Lipinski definition) is 2.